The summed E-state index contributed by atoms with van der Waals surface area (Å²) in [6.45, 7) is 0. The van der Waals surface area contributed by atoms with Crippen molar-refractivity contribution in [2.24, 2.45) is 5.73 Å². The third kappa shape index (κ3) is 2.14. The SMILES string of the molecule is NC1CCCCC1=C1CCCCC1. The molecule has 0 aromatic heterocycles. The van der Waals surface area contributed by atoms with Crippen molar-refractivity contribution >= 4 is 0 Å². The van der Waals surface area contributed by atoms with Crippen molar-refractivity contribution in [1.29, 1.82) is 0 Å². The Morgan fingerprint density at radius 2 is 1.54 bits per heavy atom. The molecule has 2 fully saturated rings. The van der Waals surface area contributed by atoms with Gasteiger partial charge in [0.05, 0.1) is 0 Å². The van der Waals surface area contributed by atoms with Crippen molar-refractivity contribution in [3.05, 3.63) is 11.1 Å². The van der Waals surface area contributed by atoms with Gasteiger partial charge in [-0.15, -0.1) is 0 Å². The van der Waals surface area contributed by atoms with Crippen LogP contribution in [0.25, 0.3) is 0 Å². The predicted octanol–water partition coefficient (Wildman–Crippen LogP) is 3.15. The molecule has 1 atom stereocenters. The second-order valence-electron chi connectivity index (χ2n) is 4.54. The molecule has 74 valence electrons. The Labute approximate surface area is 81.4 Å². The fourth-order valence-corrected chi connectivity index (χ4v) is 2.78. The highest BCUT2D eigenvalue weighted by Gasteiger charge is 2.19. The summed E-state index contributed by atoms with van der Waals surface area (Å²) >= 11 is 0. The van der Waals surface area contributed by atoms with Gasteiger partial charge in [0.2, 0.25) is 0 Å². The molecule has 13 heavy (non-hydrogen) atoms. The molecule has 0 bridgehead atoms. The zero-order valence-electron chi connectivity index (χ0n) is 8.52. The van der Waals surface area contributed by atoms with Crippen LogP contribution >= 0.6 is 0 Å². The van der Waals surface area contributed by atoms with E-state index in [-0.39, 0.29) is 0 Å². The molecule has 0 saturated heterocycles. The first-order chi connectivity index (χ1) is 6.38. The van der Waals surface area contributed by atoms with Crippen molar-refractivity contribution in [2.75, 3.05) is 0 Å². The summed E-state index contributed by atoms with van der Waals surface area (Å²) in [5.41, 5.74) is 9.53. The molecular formula is C12H21N. The Morgan fingerprint density at radius 3 is 2.23 bits per heavy atom. The van der Waals surface area contributed by atoms with Gasteiger partial charge in [0.15, 0.2) is 0 Å². The molecule has 0 spiro atoms. The molecule has 2 aliphatic carbocycles. The lowest BCUT2D eigenvalue weighted by atomic mass is 9.82. The first-order valence-electron chi connectivity index (χ1n) is 5.84. The molecule has 0 aromatic carbocycles. The van der Waals surface area contributed by atoms with E-state index in [0.717, 1.165) is 0 Å². The summed E-state index contributed by atoms with van der Waals surface area (Å²) in [5.74, 6) is 0. The standard InChI is InChI=1S/C12H21N/c13-12-9-5-4-8-11(12)10-6-2-1-3-7-10/h12H,1-9,13H2. The molecule has 2 aliphatic rings. The van der Waals surface area contributed by atoms with E-state index in [4.69, 9.17) is 5.73 Å². The number of nitrogens with two attached hydrogens (primary N) is 1. The molecule has 0 amide bonds. The van der Waals surface area contributed by atoms with E-state index in [1.54, 1.807) is 11.1 Å². The Kier molecular flexibility index (Phi) is 3.05. The number of hydrogen-bond acceptors (Lipinski definition) is 1. The highest BCUT2D eigenvalue weighted by Crippen LogP contribution is 2.32. The topological polar surface area (TPSA) is 26.0 Å². The third-order valence-corrected chi connectivity index (χ3v) is 3.57. The molecule has 0 radical (unpaired) electrons. The first kappa shape index (κ1) is 9.26. The van der Waals surface area contributed by atoms with Crippen LogP contribution < -0.4 is 5.73 Å². The molecule has 2 N–H and O–H groups in total. The Morgan fingerprint density at radius 1 is 0.846 bits per heavy atom. The molecule has 1 unspecified atom stereocenters. The predicted molar refractivity (Wildman–Crippen MR) is 56.6 cm³/mol. The van der Waals surface area contributed by atoms with Gasteiger partial charge in [0.1, 0.15) is 0 Å². The molecule has 0 aliphatic heterocycles. The third-order valence-electron chi connectivity index (χ3n) is 3.57. The minimum absolute atomic E-state index is 0.418. The fourth-order valence-electron chi connectivity index (χ4n) is 2.78. The number of rotatable bonds is 0. The highest BCUT2D eigenvalue weighted by atomic mass is 14.6. The van der Waals surface area contributed by atoms with Crippen LogP contribution in [-0.2, 0) is 0 Å². The van der Waals surface area contributed by atoms with Crippen LogP contribution in [0.15, 0.2) is 11.1 Å². The van der Waals surface area contributed by atoms with E-state index in [1.807, 2.05) is 0 Å². The maximum atomic E-state index is 6.15. The second kappa shape index (κ2) is 4.28. The lowest BCUT2D eigenvalue weighted by Crippen LogP contribution is -2.27. The van der Waals surface area contributed by atoms with Gasteiger partial charge >= 0.3 is 0 Å². The number of hydrogen-bond donors (Lipinski definition) is 1. The zero-order valence-corrected chi connectivity index (χ0v) is 8.52. The van der Waals surface area contributed by atoms with E-state index in [0.29, 0.717) is 6.04 Å². The smallest absolute Gasteiger partial charge is 0.0256 e. The average molecular weight is 179 g/mol. The van der Waals surface area contributed by atoms with Gasteiger partial charge in [0.25, 0.3) is 0 Å². The summed E-state index contributed by atoms with van der Waals surface area (Å²) in [4.78, 5) is 0. The van der Waals surface area contributed by atoms with Crippen LogP contribution in [0, 0.1) is 0 Å². The van der Waals surface area contributed by atoms with E-state index >= 15 is 0 Å². The highest BCUT2D eigenvalue weighted by molar-refractivity contribution is 5.22. The summed E-state index contributed by atoms with van der Waals surface area (Å²) in [6.07, 6.45) is 12.2. The van der Waals surface area contributed by atoms with E-state index in [2.05, 4.69) is 0 Å². The zero-order chi connectivity index (χ0) is 9.10. The van der Waals surface area contributed by atoms with Crippen LogP contribution in [0.4, 0.5) is 0 Å². The first-order valence-corrected chi connectivity index (χ1v) is 5.84. The summed E-state index contributed by atoms with van der Waals surface area (Å²) in [5, 5.41) is 0. The summed E-state index contributed by atoms with van der Waals surface area (Å²) in [7, 11) is 0. The van der Waals surface area contributed by atoms with Crippen LogP contribution in [0.3, 0.4) is 0 Å². The largest absolute Gasteiger partial charge is 0.324 e. The maximum Gasteiger partial charge on any atom is 0.0256 e. The number of allylic oxidation sites excluding steroid dienone is 1. The van der Waals surface area contributed by atoms with Crippen LogP contribution in [0.1, 0.15) is 57.8 Å². The Balaban J connectivity index is 2.09. The van der Waals surface area contributed by atoms with Gasteiger partial charge in [-0.3, -0.25) is 0 Å². The van der Waals surface area contributed by atoms with Crippen LogP contribution in [-0.4, -0.2) is 6.04 Å². The van der Waals surface area contributed by atoms with E-state index < -0.39 is 0 Å². The van der Waals surface area contributed by atoms with E-state index in [9.17, 15) is 0 Å². The summed E-state index contributed by atoms with van der Waals surface area (Å²) in [6, 6.07) is 0.418. The minimum atomic E-state index is 0.418. The van der Waals surface area contributed by atoms with Gasteiger partial charge in [-0.25, -0.2) is 0 Å². The van der Waals surface area contributed by atoms with Gasteiger partial charge in [-0.1, -0.05) is 24.0 Å². The monoisotopic (exact) mass is 179 g/mol. The second-order valence-corrected chi connectivity index (χ2v) is 4.54. The van der Waals surface area contributed by atoms with E-state index in [1.165, 1.54) is 57.8 Å². The van der Waals surface area contributed by atoms with Gasteiger partial charge < -0.3 is 5.73 Å². The van der Waals surface area contributed by atoms with Crippen LogP contribution in [0.2, 0.25) is 0 Å². The molecular weight excluding hydrogens is 158 g/mol. The molecule has 0 aromatic rings. The van der Waals surface area contributed by atoms with Crippen molar-refractivity contribution in [3.63, 3.8) is 0 Å². The lowest BCUT2D eigenvalue weighted by Gasteiger charge is -2.27. The van der Waals surface area contributed by atoms with Crippen molar-refractivity contribution in [1.82, 2.24) is 0 Å². The van der Waals surface area contributed by atoms with Crippen molar-refractivity contribution < 1.29 is 0 Å². The maximum absolute atomic E-state index is 6.15. The Hall–Kier alpha value is -0.300. The average Bonchev–Trinajstić information content (AvgIpc) is 2.20. The fraction of sp³-hybridized carbons (Fsp3) is 0.833. The molecule has 2 saturated carbocycles. The normalized spacial score (nSPS) is 30.7. The molecule has 0 heterocycles. The van der Waals surface area contributed by atoms with Crippen LogP contribution in [0.5, 0.6) is 0 Å². The quantitative estimate of drug-likeness (QED) is 0.568. The molecule has 1 nitrogen and oxygen atoms in total. The van der Waals surface area contributed by atoms with Gasteiger partial charge in [-0.2, -0.15) is 0 Å². The minimum Gasteiger partial charge on any atom is -0.324 e. The van der Waals surface area contributed by atoms with Crippen molar-refractivity contribution in [3.8, 4) is 0 Å². The molecule has 1 heteroatoms. The Bertz CT molecular complexity index is 197. The lowest BCUT2D eigenvalue weighted by molar-refractivity contribution is 0.507. The van der Waals surface area contributed by atoms with Gasteiger partial charge in [-0.05, 0) is 44.9 Å². The molecule has 2 rings (SSSR count). The summed E-state index contributed by atoms with van der Waals surface area (Å²) < 4.78 is 0. The van der Waals surface area contributed by atoms with Crippen molar-refractivity contribution in [2.45, 2.75) is 63.8 Å². The van der Waals surface area contributed by atoms with Gasteiger partial charge in [0, 0.05) is 6.04 Å².